The van der Waals surface area contributed by atoms with Gasteiger partial charge in [-0.15, -0.1) is 0 Å². The van der Waals surface area contributed by atoms with Crippen molar-refractivity contribution in [3.63, 3.8) is 0 Å². The van der Waals surface area contributed by atoms with Crippen LogP contribution in [0.3, 0.4) is 0 Å². The van der Waals surface area contributed by atoms with Crippen LogP contribution in [0, 0.1) is 6.92 Å². The lowest BCUT2D eigenvalue weighted by Crippen LogP contribution is -2.11. The number of hydrogen-bond donors (Lipinski definition) is 1. The first kappa shape index (κ1) is 10.2. The van der Waals surface area contributed by atoms with Gasteiger partial charge >= 0.3 is 5.97 Å². The summed E-state index contributed by atoms with van der Waals surface area (Å²) in [6.45, 7) is 1.96. The summed E-state index contributed by atoms with van der Waals surface area (Å²) in [6.07, 6.45) is 4.40. The van der Waals surface area contributed by atoms with Gasteiger partial charge in [0.2, 0.25) is 0 Å². The summed E-state index contributed by atoms with van der Waals surface area (Å²) in [5, 5.41) is 12.8. The summed E-state index contributed by atoms with van der Waals surface area (Å²) in [5.41, 5.74) is 0.556. The monoisotopic (exact) mass is 219 g/mol. The standard InChI is InChI=1S/C9H9N5O2/c1-6-2-11-7(13-8(6)9(15)16)3-14-5-10-4-12-14/h2,4-5H,3H2,1H3,(H,15,16). The lowest BCUT2D eigenvalue weighted by Gasteiger charge is -2.03. The number of carboxylic acids is 1. The fourth-order valence-corrected chi connectivity index (χ4v) is 1.23. The summed E-state index contributed by atoms with van der Waals surface area (Å²) in [6, 6.07) is 0. The molecule has 0 bridgehead atoms. The molecule has 7 heteroatoms. The van der Waals surface area contributed by atoms with E-state index in [0.717, 1.165) is 0 Å². The van der Waals surface area contributed by atoms with Crippen LogP contribution in [0.2, 0.25) is 0 Å². The Morgan fingerprint density at radius 1 is 1.56 bits per heavy atom. The van der Waals surface area contributed by atoms with Crippen molar-refractivity contribution in [1.82, 2.24) is 24.7 Å². The second kappa shape index (κ2) is 4.05. The number of hydrogen-bond acceptors (Lipinski definition) is 5. The summed E-state index contributed by atoms with van der Waals surface area (Å²) in [7, 11) is 0. The zero-order valence-electron chi connectivity index (χ0n) is 8.53. The summed E-state index contributed by atoms with van der Waals surface area (Å²) >= 11 is 0. The van der Waals surface area contributed by atoms with Crippen LogP contribution >= 0.6 is 0 Å². The molecule has 0 fully saturated rings. The molecule has 0 amide bonds. The van der Waals surface area contributed by atoms with Crippen LogP contribution in [-0.2, 0) is 6.54 Å². The molecule has 0 radical (unpaired) electrons. The van der Waals surface area contributed by atoms with Gasteiger partial charge in [0.25, 0.3) is 0 Å². The van der Waals surface area contributed by atoms with E-state index in [0.29, 0.717) is 17.9 Å². The third-order valence-electron chi connectivity index (χ3n) is 1.99. The van der Waals surface area contributed by atoms with Gasteiger partial charge in [-0.25, -0.2) is 24.4 Å². The molecule has 1 N–H and O–H groups in total. The first-order chi connectivity index (χ1) is 7.66. The van der Waals surface area contributed by atoms with Crippen molar-refractivity contribution in [2.45, 2.75) is 13.5 Å². The molecule has 2 heterocycles. The molecule has 0 atom stereocenters. The molecule has 0 unspecified atom stereocenters. The number of aromatic nitrogens is 5. The maximum absolute atomic E-state index is 10.9. The smallest absolute Gasteiger partial charge is 0.354 e. The number of aryl methyl sites for hydroxylation is 1. The predicted octanol–water partition coefficient (Wildman–Crippen LogP) is 0.123. The van der Waals surface area contributed by atoms with Gasteiger partial charge in [0.1, 0.15) is 19.2 Å². The number of carbonyl (C=O) groups is 1. The molecule has 0 aromatic carbocycles. The molecule has 0 aliphatic carbocycles. The van der Waals surface area contributed by atoms with E-state index in [1.165, 1.54) is 23.5 Å². The van der Waals surface area contributed by atoms with Crippen LogP contribution in [0.5, 0.6) is 0 Å². The molecular weight excluding hydrogens is 210 g/mol. The van der Waals surface area contributed by atoms with E-state index in [2.05, 4.69) is 20.1 Å². The van der Waals surface area contributed by atoms with Crippen molar-refractivity contribution < 1.29 is 9.90 Å². The molecule has 16 heavy (non-hydrogen) atoms. The predicted molar refractivity (Wildman–Crippen MR) is 52.9 cm³/mol. The Labute approximate surface area is 90.8 Å². The third kappa shape index (κ3) is 2.02. The lowest BCUT2D eigenvalue weighted by atomic mass is 10.2. The van der Waals surface area contributed by atoms with E-state index in [9.17, 15) is 4.79 Å². The number of nitrogens with zero attached hydrogens (tertiary/aromatic N) is 5. The Balaban J connectivity index is 2.29. The van der Waals surface area contributed by atoms with E-state index in [4.69, 9.17) is 5.11 Å². The second-order valence-electron chi connectivity index (χ2n) is 3.22. The van der Waals surface area contributed by atoms with Crippen molar-refractivity contribution in [2.24, 2.45) is 0 Å². The molecule has 0 spiro atoms. The van der Waals surface area contributed by atoms with Crippen LogP contribution in [0.1, 0.15) is 21.9 Å². The van der Waals surface area contributed by atoms with Crippen LogP contribution in [0.4, 0.5) is 0 Å². The highest BCUT2D eigenvalue weighted by molar-refractivity contribution is 5.86. The van der Waals surface area contributed by atoms with Gasteiger partial charge in [-0.1, -0.05) is 0 Å². The first-order valence-electron chi connectivity index (χ1n) is 4.55. The molecule has 2 aromatic heterocycles. The topological polar surface area (TPSA) is 93.8 Å². The maximum Gasteiger partial charge on any atom is 0.354 e. The second-order valence-corrected chi connectivity index (χ2v) is 3.22. The van der Waals surface area contributed by atoms with E-state index >= 15 is 0 Å². The van der Waals surface area contributed by atoms with Crippen molar-refractivity contribution in [3.05, 3.63) is 35.9 Å². The molecule has 2 rings (SSSR count). The normalized spacial score (nSPS) is 10.3. The molecule has 0 aliphatic heterocycles. The number of carboxylic acid groups (broad SMARTS) is 1. The van der Waals surface area contributed by atoms with E-state index in [-0.39, 0.29) is 5.69 Å². The Morgan fingerprint density at radius 2 is 2.38 bits per heavy atom. The molecule has 2 aromatic rings. The van der Waals surface area contributed by atoms with Gasteiger partial charge in [-0.3, -0.25) is 0 Å². The van der Waals surface area contributed by atoms with Crippen molar-refractivity contribution in [2.75, 3.05) is 0 Å². The zero-order valence-corrected chi connectivity index (χ0v) is 8.53. The maximum atomic E-state index is 10.9. The Bertz CT molecular complexity index is 509. The van der Waals surface area contributed by atoms with Crippen LogP contribution in [0.15, 0.2) is 18.9 Å². The fourth-order valence-electron chi connectivity index (χ4n) is 1.23. The van der Waals surface area contributed by atoms with E-state index in [1.807, 2.05) is 0 Å². The van der Waals surface area contributed by atoms with Gasteiger partial charge in [0, 0.05) is 11.8 Å². The van der Waals surface area contributed by atoms with Gasteiger partial charge < -0.3 is 5.11 Å². The van der Waals surface area contributed by atoms with Gasteiger partial charge in [-0.05, 0) is 6.92 Å². The number of rotatable bonds is 3. The molecule has 0 saturated heterocycles. The highest BCUT2D eigenvalue weighted by atomic mass is 16.4. The molecule has 0 saturated carbocycles. The summed E-state index contributed by atoms with van der Waals surface area (Å²) in [5.74, 6) is -0.659. The van der Waals surface area contributed by atoms with Gasteiger partial charge in [-0.2, -0.15) is 5.10 Å². The molecule has 0 aliphatic rings. The SMILES string of the molecule is Cc1cnc(Cn2cncn2)nc1C(=O)O. The Hall–Kier alpha value is -2.31. The average Bonchev–Trinajstić information content (AvgIpc) is 2.73. The lowest BCUT2D eigenvalue weighted by molar-refractivity contribution is 0.0689. The van der Waals surface area contributed by atoms with Gasteiger partial charge in [0.05, 0.1) is 0 Å². The minimum absolute atomic E-state index is 0.0186. The quantitative estimate of drug-likeness (QED) is 0.788. The van der Waals surface area contributed by atoms with Gasteiger partial charge in [0.15, 0.2) is 11.5 Å². The average molecular weight is 219 g/mol. The highest BCUT2D eigenvalue weighted by Gasteiger charge is 2.11. The largest absolute Gasteiger partial charge is 0.477 e. The van der Waals surface area contributed by atoms with Crippen molar-refractivity contribution in [3.8, 4) is 0 Å². The van der Waals surface area contributed by atoms with E-state index < -0.39 is 5.97 Å². The van der Waals surface area contributed by atoms with E-state index in [1.54, 1.807) is 6.92 Å². The third-order valence-corrected chi connectivity index (χ3v) is 1.99. The first-order valence-corrected chi connectivity index (χ1v) is 4.55. The molecule has 7 nitrogen and oxygen atoms in total. The summed E-state index contributed by atoms with van der Waals surface area (Å²) in [4.78, 5) is 22.6. The van der Waals surface area contributed by atoms with Crippen molar-refractivity contribution in [1.29, 1.82) is 0 Å². The van der Waals surface area contributed by atoms with Crippen LogP contribution in [-0.4, -0.2) is 35.8 Å². The summed E-state index contributed by atoms with van der Waals surface area (Å²) < 4.78 is 1.52. The van der Waals surface area contributed by atoms with Crippen molar-refractivity contribution >= 4 is 5.97 Å². The fraction of sp³-hybridized carbons (Fsp3) is 0.222. The molecule has 82 valence electrons. The van der Waals surface area contributed by atoms with Crippen LogP contribution in [0.25, 0.3) is 0 Å². The number of aromatic carboxylic acids is 1. The van der Waals surface area contributed by atoms with Crippen LogP contribution < -0.4 is 0 Å². The molecular formula is C9H9N5O2. The Kier molecular flexibility index (Phi) is 2.59. The minimum atomic E-state index is -1.06. The highest BCUT2D eigenvalue weighted by Crippen LogP contribution is 2.04. The minimum Gasteiger partial charge on any atom is -0.477 e. The Morgan fingerprint density at radius 3 is 3.00 bits per heavy atom. The zero-order chi connectivity index (χ0) is 11.5.